The Kier molecular flexibility index (Phi) is 6.10. The van der Waals surface area contributed by atoms with Crippen LogP contribution in [-0.2, 0) is 6.42 Å². The van der Waals surface area contributed by atoms with Crippen molar-refractivity contribution in [3.05, 3.63) is 78.6 Å². The number of piperazine rings is 1. The van der Waals surface area contributed by atoms with Crippen molar-refractivity contribution in [1.82, 2.24) is 20.0 Å². The summed E-state index contributed by atoms with van der Waals surface area (Å²) in [6.07, 6.45) is 4.95. The Hall–Kier alpha value is -3.28. The van der Waals surface area contributed by atoms with Crippen LogP contribution >= 0.6 is 0 Å². The quantitative estimate of drug-likeness (QED) is 0.539. The van der Waals surface area contributed by atoms with Crippen molar-refractivity contribution in [2.75, 3.05) is 44.7 Å². The first-order chi connectivity index (χ1) is 14.3. The summed E-state index contributed by atoms with van der Waals surface area (Å²) in [5.41, 5.74) is 3.59. The van der Waals surface area contributed by atoms with E-state index in [4.69, 9.17) is 0 Å². The zero-order chi connectivity index (χ0) is 19.9. The van der Waals surface area contributed by atoms with Gasteiger partial charge in [-0.25, -0.2) is 4.68 Å². The minimum atomic E-state index is 0.839. The Morgan fingerprint density at radius 1 is 0.931 bits per heavy atom. The second-order valence-electron chi connectivity index (χ2n) is 7.16. The Morgan fingerprint density at radius 2 is 1.59 bits per heavy atom. The lowest BCUT2D eigenvalue weighted by Gasteiger charge is -2.37. The van der Waals surface area contributed by atoms with Crippen LogP contribution in [0.3, 0.4) is 0 Å². The zero-order valence-electron chi connectivity index (χ0n) is 16.9. The number of aliphatic imine (C=N–C) groups is 1. The number of anilines is 1. The van der Waals surface area contributed by atoms with Crippen molar-refractivity contribution in [2.24, 2.45) is 4.99 Å². The minimum absolute atomic E-state index is 0.839. The highest BCUT2D eigenvalue weighted by Crippen LogP contribution is 2.15. The van der Waals surface area contributed by atoms with Gasteiger partial charge in [0.05, 0.1) is 11.9 Å². The van der Waals surface area contributed by atoms with Gasteiger partial charge < -0.3 is 15.1 Å². The number of nitrogens with one attached hydrogen (secondary N) is 1. The van der Waals surface area contributed by atoms with E-state index in [1.165, 1.54) is 11.3 Å². The molecule has 0 bridgehead atoms. The Morgan fingerprint density at radius 3 is 2.24 bits per heavy atom. The second-order valence-corrected chi connectivity index (χ2v) is 7.16. The zero-order valence-corrected chi connectivity index (χ0v) is 16.9. The highest BCUT2D eigenvalue weighted by molar-refractivity contribution is 5.80. The van der Waals surface area contributed by atoms with Gasteiger partial charge in [0.15, 0.2) is 5.96 Å². The van der Waals surface area contributed by atoms with Crippen molar-refractivity contribution in [1.29, 1.82) is 0 Å². The lowest BCUT2D eigenvalue weighted by atomic mass is 10.2. The molecule has 1 N–H and O–H groups in total. The molecule has 0 radical (unpaired) electrons. The molecule has 4 rings (SSSR count). The van der Waals surface area contributed by atoms with Crippen molar-refractivity contribution in [2.45, 2.75) is 6.42 Å². The van der Waals surface area contributed by atoms with Crippen LogP contribution < -0.4 is 10.2 Å². The van der Waals surface area contributed by atoms with Crippen LogP contribution in [0.5, 0.6) is 0 Å². The van der Waals surface area contributed by atoms with E-state index in [-0.39, 0.29) is 0 Å². The van der Waals surface area contributed by atoms with Crippen LogP contribution in [0.15, 0.2) is 78.0 Å². The van der Waals surface area contributed by atoms with E-state index >= 15 is 0 Å². The van der Waals surface area contributed by atoms with Crippen LogP contribution in [0.1, 0.15) is 5.56 Å². The molecule has 6 nitrogen and oxygen atoms in total. The molecule has 0 saturated carbocycles. The standard InChI is InChI=1S/C23H28N6/c1-24-23(28-16-14-27(15-17-28)21-8-4-2-5-9-21)25-13-12-20-18-26-29(19-20)22-10-6-3-7-11-22/h2-11,18-19H,12-17H2,1H3,(H,24,25). The molecule has 29 heavy (non-hydrogen) atoms. The molecular formula is C23H28N6. The van der Waals surface area contributed by atoms with Gasteiger partial charge in [0.2, 0.25) is 0 Å². The number of rotatable bonds is 5. The average Bonchev–Trinajstić information content (AvgIpc) is 3.27. The molecule has 150 valence electrons. The maximum Gasteiger partial charge on any atom is 0.193 e. The summed E-state index contributed by atoms with van der Waals surface area (Å²) in [6.45, 7) is 4.80. The first-order valence-electron chi connectivity index (χ1n) is 10.2. The predicted molar refractivity (Wildman–Crippen MR) is 119 cm³/mol. The molecule has 6 heteroatoms. The number of hydrogen-bond acceptors (Lipinski definition) is 3. The van der Waals surface area contributed by atoms with E-state index in [1.54, 1.807) is 0 Å². The molecule has 1 fully saturated rings. The molecule has 0 aliphatic carbocycles. The normalized spacial score (nSPS) is 14.9. The monoisotopic (exact) mass is 388 g/mol. The molecule has 0 amide bonds. The van der Waals surface area contributed by atoms with Gasteiger partial charge in [-0.15, -0.1) is 0 Å². The fraction of sp³-hybridized carbons (Fsp3) is 0.304. The average molecular weight is 389 g/mol. The summed E-state index contributed by atoms with van der Waals surface area (Å²) in [7, 11) is 1.86. The molecule has 2 heterocycles. The summed E-state index contributed by atoms with van der Waals surface area (Å²) < 4.78 is 1.92. The van der Waals surface area contributed by atoms with E-state index in [2.05, 4.69) is 73.9 Å². The van der Waals surface area contributed by atoms with Crippen LogP contribution in [0.2, 0.25) is 0 Å². The van der Waals surface area contributed by atoms with Gasteiger partial charge in [0, 0.05) is 51.7 Å². The van der Waals surface area contributed by atoms with Gasteiger partial charge in [0.25, 0.3) is 0 Å². The lowest BCUT2D eigenvalue weighted by Crippen LogP contribution is -2.52. The van der Waals surface area contributed by atoms with Crippen molar-refractivity contribution in [3.8, 4) is 5.69 Å². The SMILES string of the molecule is CN=C(NCCc1cnn(-c2ccccc2)c1)N1CCN(c2ccccc2)CC1. The molecule has 1 aliphatic rings. The third-order valence-corrected chi connectivity index (χ3v) is 5.27. The van der Waals surface area contributed by atoms with Crippen molar-refractivity contribution in [3.63, 3.8) is 0 Å². The molecule has 0 spiro atoms. The summed E-state index contributed by atoms with van der Waals surface area (Å²) >= 11 is 0. The van der Waals surface area contributed by atoms with Crippen LogP contribution in [0.25, 0.3) is 5.69 Å². The third-order valence-electron chi connectivity index (χ3n) is 5.27. The minimum Gasteiger partial charge on any atom is -0.368 e. The van der Waals surface area contributed by atoms with Crippen LogP contribution in [0.4, 0.5) is 5.69 Å². The van der Waals surface area contributed by atoms with Gasteiger partial charge in [0.1, 0.15) is 0 Å². The molecule has 0 unspecified atom stereocenters. The van der Waals surface area contributed by atoms with E-state index in [9.17, 15) is 0 Å². The number of benzene rings is 2. The fourth-order valence-corrected chi connectivity index (χ4v) is 3.68. The molecular weight excluding hydrogens is 360 g/mol. The first kappa shape index (κ1) is 19.1. The number of nitrogens with zero attached hydrogens (tertiary/aromatic N) is 5. The largest absolute Gasteiger partial charge is 0.368 e. The van der Waals surface area contributed by atoms with Crippen molar-refractivity contribution < 1.29 is 0 Å². The smallest absolute Gasteiger partial charge is 0.193 e. The van der Waals surface area contributed by atoms with E-state index < -0.39 is 0 Å². The number of guanidine groups is 1. The maximum atomic E-state index is 4.49. The van der Waals surface area contributed by atoms with Gasteiger partial charge in [-0.2, -0.15) is 5.10 Å². The Bertz CT molecular complexity index is 911. The Labute approximate surface area is 172 Å². The predicted octanol–water partition coefficient (Wildman–Crippen LogP) is 2.81. The summed E-state index contributed by atoms with van der Waals surface area (Å²) in [6, 6.07) is 20.8. The van der Waals surface area contributed by atoms with Gasteiger partial charge in [-0.05, 0) is 36.2 Å². The number of aromatic nitrogens is 2. The summed E-state index contributed by atoms with van der Waals surface area (Å²) in [5, 5.41) is 7.99. The second kappa shape index (κ2) is 9.28. The topological polar surface area (TPSA) is 48.7 Å². The number of para-hydroxylation sites is 2. The highest BCUT2D eigenvalue weighted by Gasteiger charge is 2.19. The van der Waals surface area contributed by atoms with E-state index in [0.29, 0.717) is 0 Å². The highest BCUT2D eigenvalue weighted by atomic mass is 15.3. The lowest BCUT2D eigenvalue weighted by molar-refractivity contribution is 0.373. The summed E-state index contributed by atoms with van der Waals surface area (Å²) in [5.74, 6) is 0.980. The first-order valence-corrected chi connectivity index (χ1v) is 10.2. The van der Waals surface area contributed by atoms with Gasteiger partial charge >= 0.3 is 0 Å². The number of hydrogen-bond donors (Lipinski definition) is 1. The fourth-order valence-electron chi connectivity index (χ4n) is 3.68. The maximum absolute atomic E-state index is 4.49. The molecule has 3 aromatic rings. The third kappa shape index (κ3) is 4.77. The van der Waals surface area contributed by atoms with Crippen LogP contribution in [-0.4, -0.2) is 60.4 Å². The van der Waals surface area contributed by atoms with E-state index in [0.717, 1.165) is 50.8 Å². The molecule has 0 atom stereocenters. The van der Waals surface area contributed by atoms with Crippen molar-refractivity contribution >= 4 is 11.6 Å². The summed E-state index contributed by atoms with van der Waals surface area (Å²) in [4.78, 5) is 9.26. The molecule has 1 saturated heterocycles. The van der Waals surface area contributed by atoms with Gasteiger partial charge in [-0.3, -0.25) is 4.99 Å². The van der Waals surface area contributed by atoms with Gasteiger partial charge in [-0.1, -0.05) is 36.4 Å². The Balaban J connectivity index is 1.26. The molecule has 2 aromatic carbocycles. The van der Waals surface area contributed by atoms with Crippen LogP contribution in [0, 0.1) is 0 Å². The van der Waals surface area contributed by atoms with E-state index in [1.807, 2.05) is 36.1 Å². The molecule has 1 aliphatic heterocycles. The molecule has 1 aromatic heterocycles.